The number of hydrogen-bond acceptors (Lipinski definition) is 6. The topological polar surface area (TPSA) is 93.1 Å². The highest BCUT2D eigenvalue weighted by Gasteiger charge is 2.33. The molecule has 2 N–H and O–H groups in total. The van der Waals surface area contributed by atoms with Gasteiger partial charge in [0.15, 0.2) is 0 Å². The Balaban J connectivity index is 0.00000102. The van der Waals surface area contributed by atoms with Crippen molar-refractivity contribution in [1.29, 1.82) is 0 Å². The van der Waals surface area contributed by atoms with Crippen LogP contribution in [0.3, 0.4) is 0 Å². The highest BCUT2D eigenvalue weighted by atomic mass is 16.5. The average molecular weight is 523 g/mol. The van der Waals surface area contributed by atoms with Gasteiger partial charge < -0.3 is 19.7 Å². The molecular formula is C31H54O6. The molecule has 37 heavy (non-hydrogen) atoms. The molecule has 0 aromatic heterocycles. The van der Waals surface area contributed by atoms with Gasteiger partial charge in [0.25, 0.3) is 0 Å². The maximum absolute atomic E-state index is 11.8. The van der Waals surface area contributed by atoms with E-state index in [1.807, 2.05) is 0 Å². The minimum absolute atomic E-state index is 0.122. The summed E-state index contributed by atoms with van der Waals surface area (Å²) in [5, 5.41) is 17.0. The van der Waals surface area contributed by atoms with E-state index in [0.29, 0.717) is 25.4 Å². The molecule has 2 rings (SSSR count). The second kappa shape index (κ2) is 20.5. The van der Waals surface area contributed by atoms with Crippen molar-refractivity contribution in [1.82, 2.24) is 0 Å². The van der Waals surface area contributed by atoms with Gasteiger partial charge in [-0.25, -0.2) is 4.79 Å². The van der Waals surface area contributed by atoms with Gasteiger partial charge in [-0.3, -0.25) is 4.79 Å². The Morgan fingerprint density at radius 1 is 0.892 bits per heavy atom. The van der Waals surface area contributed by atoms with E-state index in [4.69, 9.17) is 19.7 Å². The number of ether oxygens (including phenoxy) is 2. The molecule has 2 fully saturated rings. The van der Waals surface area contributed by atoms with Gasteiger partial charge in [-0.05, 0) is 62.2 Å². The van der Waals surface area contributed by atoms with Crippen LogP contribution >= 0.6 is 0 Å². The Morgan fingerprint density at radius 3 is 1.97 bits per heavy atom. The Bertz CT molecular complexity index is 644. The lowest BCUT2D eigenvalue weighted by Crippen LogP contribution is -2.32. The molecule has 2 aliphatic carbocycles. The van der Waals surface area contributed by atoms with E-state index in [1.54, 1.807) is 7.11 Å². The molecule has 0 bridgehead atoms. The lowest BCUT2D eigenvalue weighted by Gasteiger charge is -2.39. The van der Waals surface area contributed by atoms with Gasteiger partial charge in [0.2, 0.25) is 0 Å². The van der Waals surface area contributed by atoms with Crippen molar-refractivity contribution in [2.75, 3.05) is 33.5 Å². The molecule has 1 unspecified atom stereocenters. The van der Waals surface area contributed by atoms with Crippen LogP contribution in [-0.2, 0) is 19.1 Å². The maximum atomic E-state index is 11.8. The Kier molecular flexibility index (Phi) is 18.5. The zero-order valence-corrected chi connectivity index (χ0v) is 23.6. The van der Waals surface area contributed by atoms with E-state index in [1.165, 1.54) is 89.9 Å². The SMILES string of the molecule is C=C(C=O)CO.C=C(CO)C(=O)OCC(COC)C1CCC(C2CCC(CCCCCCC)CC2)CC1. The first-order valence-corrected chi connectivity index (χ1v) is 14.6. The van der Waals surface area contributed by atoms with Crippen LogP contribution in [0.15, 0.2) is 24.3 Å². The van der Waals surface area contributed by atoms with Crippen molar-refractivity contribution in [3.63, 3.8) is 0 Å². The van der Waals surface area contributed by atoms with E-state index < -0.39 is 5.97 Å². The van der Waals surface area contributed by atoms with Crippen molar-refractivity contribution in [2.24, 2.45) is 29.6 Å². The van der Waals surface area contributed by atoms with E-state index in [9.17, 15) is 9.59 Å². The molecule has 6 heteroatoms. The van der Waals surface area contributed by atoms with Gasteiger partial charge >= 0.3 is 5.97 Å². The zero-order valence-electron chi connectivity index (χ0n) is 23.6. The number of esters is 1. The quantitative estimate of drug-likeness (QED) is 0.111. The van der Waals surface area contributed by atoms with Gasteiger partial charge in [-0.2, -0.15) is 0 Å². The molecule has 2 aliphatic rings. The summed E-state index contributed by atoms with van der Waals surface area (Å²) in [4.78, 5) is 21.3. The highest BCUT2D eigenvalue weighted by molar-refractivity contribution is 5.87. The Labute approximate surface area is 225 Å². The Morgan fingerprint density at radius 2 is 1.49 bits per heavy atom. The first-order valence-electron chi connectivity index (χ1n) is 14.6. The van der Waals surface area contributed by atoms with Gasteiger partial charge in [0, 0.05) is 18.6 Å². The summed E-state index contributed by atoms with van der Waals surface area (Å²) in [6.07, 6.45) is 19.9. The summed E-state index contributed by atoms with van der Waals surface area (Å²) in [5.41, 5.74) is 0.339. The molecule has 0 spiro atoms. The van der Waals surface area contributed by atoms with Crippen molar-refractivity contribution in [3.8, 4) is 0 Å². The number of aliphatic hydroxyl groups excluding tert-OH is 2. The van der Waals surface area contributed by atoms with Gasteiger partial charge in [0.05, 0.1) is 32.0 Å². The Hall–Kier alpha value is -1.50. The van der Waals surface area contributed by atoms with Crippen LogP contribution in [-0.4, -0.2) is 56.0 Å². The number of carbonyl (C=O) groups is 2. The summed E-state index contributed by atoms with van der Waals surface area (Å²) < 4.78 is 10.8. The molecular weight excluding hydrogens is 468 g/mol. The fourth-order valence-electron chi connectivity index (χ4n) is 5.99. The van der Waals surface area contributed by atoms with Crippen molar-refractivity contribution < 1.29 is 29.3 Å². The smallest absolute Gasteiger partial charge is 0.335 e. The fraction of sp³-hybridized carbons (Fsp3) is 0.806. The maximum Gasteiger partial charge on any atom is 0.335 e. The normalized spacial score (nSPS) is 24.3. The summed E-state index contributed by atoms with van der Waals surface area (Å²) in [6, 6.07) is 0. The summed E-state index contributed by atoms with van der Waals surface area (Å²) >= 11 is 0. The number of unbranched alkanes of at least 4 members (excludes halogenated alkanes) is 4. The number of hydrogen-bond donors (Lipinski definition) is 2. The molecule has 0 radical (unpaired) electrons. The van der Waals surface area contributed by atoms with Crippen molar-refractivity contribution in [3.05, 3.63) is 24.3 Å². The van der Waals surface area contributed by atoms with Crippen LogP contribution in [0.5, 0.6) is 0 Å². The van der Waals surface area contributed by atoms with Gasteiger partial charge in [-0.15, -0.1) is 0 Å². The average Bonchev–Trinajstić information content (AvgIpc) is 2.94. The number of aliphatic hydroxyl groups is 2. The standard InChI is InChI=1S/C27H48O4.C4H6O2/c1-4-5-6-7-8-9-22-10-12-23(13-11-22)24-14-16-25(17-15-24)26(19-30-3)20-31-27(29)21(2)18-28;1-4(2-5)3-6/h22-26,28H,2,4-20H2,1,3H3;2,6H,1,3H2. The van der Waals surface area contributed by atoms with E-state index in [-0.39, 0.29) is 30.3 Å². The van der Waals surface area contributed by atoms with Gasteiger partial charge in [0.1, 0.15) is 6.29 Å². The third-order valence-corrected chi connectivity index (χ3v) is 8.42. The van der Waals surface area contributed by atoms with E-state index in [0.717, 1.165) is 17.8 Å². The summed E-state index contributed by atoms with van der Waals surface area (Å²) in [7, 11) is 1.72. The minimum Gasteiger partial charge on any atom is -0.462 e. The third-order valence-electron chi connectivity index (χ3n) is 8.42. The summed E-state index contributed by atoms with van der Waals surface area (Å²) in [6.45, 7) is 9.42. The van der Waals surface area contributed by atoms with E-state index >= 15 is 0 Å². The summed E-state index contributed by atoms with van der Waals surface area (Å²) in [5.74, 6) is 3.13. The van der Waals surface area contributed by atoms with Gasteiger partial charge in [-0.1, -0.05) is 71.4 Å². The first-order chi connectivity index (χ1) is 17.9. The number of aldehydes is 1. The second-order valence-electron chi connectivity index (χ2n) is 11.2. The molecule has 214 valence electrons. The molecule has 6 nitrogen and oxygen atoms in total. The molecule has 0 aromatic rings. The zero-order chi connectivity index (χ0) is 27.5. The van der Waals surface area contributed by atoms with Crippen LogP contribution in [0.4, 0.5) is 0 Å². The predicted molar refractivity (Wildman–Crippen MR) is 149 cm³/mol. The monoisotopic (exact) mass is 522 g/mol. The predicted octanol–water partition coefficient (Wildman–Crippen LogP) is 6.05. The lowest BCUT2D eigenvalue weighted by atomic mass is 9.67. The van der Waals surface area contributed by atoms with Crippen LogP contribution in [0.2, 0.25) is 0 Å². The third kappa shape index (κ3) is 13.7. The van der Waals surface area contributed by atoms with Crippen molar-refractivity contribution >= 4 is 12.3 Å². The molecule has 0 saturated heterocycles. The van der Waals surface area contributed by atoms with E-state index in [2.05, 4.69) is 20.1 Å². The molecule has 0 aliphatic heterocycles. The molecule has 0 heterocycles. The largest absolute Gasteiger partial charge is 0.462 e. The van der Waals surface area contributed by atoms with Crippen LogP contribution in [0, 0.1) is 29.6 Å². The highest BCUT2D eigenvalue weighted by Crippen LogP contribution is 2.43. The number of methoxy groups -OCH3 is 1. The number of rotatable bonds is 16. The lowest BCUT2D eigenvalue weighted by molar-refractivity contribution is -0.142. The molecule has 1 atom stereocenters. The fourth-order valence-corrected chi connectivity index (χ4v) is 5.99. The van der Waals surface area contributed by atoms with Crippen LogP contribution < -0.4 is 0 Å². The van der Waals surface area contributed by atoms with Crippen LogP contribution in [0.1, 0.15) is 96.8 Å². The van der Waals surface area contributed by atoms with Crippen LogP contribution in [0.25, 0.3) is 0 Å². The number of carbonyl (C=O) groups excluding carboxylic acids is 2. The molecule has 0 amide bonds. The minimum atomic E-state index is -0.487. The second-order valence-corrected chi connectivity index (χ2v) is 11.2. The first kappa shape index (κ1) is 33.5. The molecule has 0 aromatic carbocycles. The molecule has 2 saturated carbocycles. The van der Waals surface area contributed by atoms with Crippen molar-refractivity contribution in [2.45, 2.75) is 96.8 Å².